The number of nitrogens with zero attached hydrogens (tertiary/aromatic N) is 3. The maximum absolute atomic E-state index is 12.8. The molecule has 4 nitrogen and oxygen atoms in total. The van der Waals surface area contributed by atoms with Crippen LogP contribution in [0.2, 0.25) is 5.02 Å². The average Bonchev–Trinajstić information content (AvgIpc) is 3.02. The summed E-state index contributed by atoms with van der Waals surface area (Å²) in [5, 5.41) is 11.4. The summed E-state index contributed by atoms with van der Waals surface area (Å²) >= 11 is 7.87. The molecule has 6 heteroatoms. The summed E-state index contributed by atoms with van der Waals surface area (Å²) in [5.74, 6) is 0.872. The molecule has 1 saturated heterocycles. The third-order valence-electron chi connectivity index (χ3n) is 4.23. The highest BCUT2D eigenvalue weighted by atomic mass is 35.5. The van der Waals surface area contributed by atoms with Gasteiger partial charge in [-0.15, -0.1) is 21.5 Å². The van der Waals surface area contributed by atoms with E-state index in [4.69, 9.17) is 11.6 Å². The molecule has 0 aliphatic carbocycles. The molecule has 1 aromatic heterocycles. The molecule has 1 aromatic carbocycles. The monoisotopic (exact) mass is 363 g/mol. The highest BCUT2D eigenvalue weighted by molar-refractivity contribution is 7.11. The lowest BCUT2D eigenvalue weighted by Crippen LogP contribution is -2.39. The van der Waals surface area contributed by atoms with Crippen molar-refractivity contribution >= 4 is 28.8 Å². The summed E-state index contributed by atoms with van der Waals surface area (Å²) in [5.41, 5.74) is 0.581. The summed E-state index contributed by atoms with van der Waals surface area (Å²) in [6, 6.07) is 7.25. The largest absolute Gasteiger partial charge is 0.338 e. The Morgan fingerprint density at radius 3 is 2.92 bits per heavy atom. The van der Waals surface area contributed by atoms with E-state index in [0.29, 0.717) is 23.0 Å². The summed E-state index contributed by atoms with van der Waals surface area (Å²) in [7, 11) is 0. The number of piperidine rings is 1. The van der Waals surface area contributed by atoms with Crippen LogP contribution in [0, 0.1) is 5.92 Å². The first kappa shape index (κ1) is 17.4. The number of hydrogen-bond donors (Lipinski definition) is 0. The average molecular weight is 364 g/mol. The van der Waals surface area contributed by atoms with Gasteiger partial charge in [-0.05, 0) is 30.9 Å². The van der Waals surface area contributed by atoms with Gasteiger partial charge in [-0.25, -0.2) is 0 Å². The van der Waals surface area contributed by atoms with Gasteiger partial charge in [0, 0.05) is 25.4 Å². The second kappa shape index (κ2) is 7.62. The van der Waals surface area contributed by atoms with E-state index in [0.717, 1.165) is 35.8 Å². The lowest BCUT2D eigenvalue weighted by molar-refractivity contribution is 0.0707. The van der Waals surface area contributed by atoms with E-state index in [2.05, 4.69) is 24.0 Å². The molecule has 1 aliphatic rings. The Morgan fingerprint density at radius 2 is 2.17 bits per heavy atom. The predicted octanol–water partition coefficient (Wildman–Crippen LogP) is 4.41. The van der Waals surface area contributed by atoms with E-state index >= 15 is 0 Å². The Balaban J connectivity index is 1.71. The Kier molecular flexibility index (Phi) is 5.51. The highest BCUT2D eigenvalue weighted by Crippen LogP contribution is 2.31. The number of hydrogen-bond acceptors (Lipinski definition) is 4. The number of carbonyl (C=O) groups excluding carboxylic acids is 1. The minimum atomic E-state index is 0.0113. The number of rotatable bonds is 4. The van der Waals surface area contributed by atoms with Crippen molar-refractivity contribution in [1.29, 1.82) is 0 Å². The van der Waals surface area contributed by atoms with Crippen molar-refractivity contribution in [3.05, 3.63) is 44.9 Å². The lowest BCUT2D eigenvalue weighted by atomic mass is 9.98. The SMILES string of the molecule is CC(C)Cc1nnc(C2CCCN(C(=O)c3ccccc3Cl)C2)s1. The number of halogens is 1. The zero-order valence-electron chi connectivity index (χ0n) is 14.0. The van der Waals surface area contributed by atoms with E-state index in [-0.39, 0.29) is 11.8 Å². The van der Waals surface area contributed by atoms with Crippen molar-refractivity contribution in [2.45, 2.75) is 39.0 Å². The van der Waals surface area contributed by atoms with Crippen molar-refractivity contribution in [3.63, 3.8) is 0 Å². The molecule has 0 bridgehead atoms. The molecule has 0 radical (unpaired) electrons. The van der Waals surface area contributed by atoms with Crippen LogP contribution in [0.4, 0.5) is 0 Å². The van der Waals surface area contributed by atoms with Crippen molar-refractivity contribution in [2.24, 2.45) is 5.92 Å². The first-order valence-electron chi connectivity index (χ1n) is 8.40. The van der Waals surface area contributed by atoms with Crippen LogP contribution in [0.1, 0.15) is 53.0 Å². The molecule has 0 spiro atoms. The van der Waals surface area contributed by atoms with Gasteiger partial charge in [0.25, 0.3) is 5.91 Å². The third-order valence-corrected chi connectivity index (χ3v) is 5.67. The second-order valence-electron chi connectivity index (χ2n) is 6.70. The molecule has 24 heavy (non-hydrogen) atoms. The third kappa shape index (κ3) is 3.95. The molecule has 1 fully saturated rings. The van der Waals surface area contributed by atoms with Crippen LogP contribution in [0.3, 0.4) is 0 Å². The molecule has 0 saturated carbocycles. The fraction of sp³-hybridized carbons (Fsp3) is 0.500. The van der Waals surface area contributed by atoms with Gasteiger partial charge < -0.3 is 4.90 Å². The maximum Gasteiger partial charge on any atom is 0.255 e. The van der Waals surface area contributed by atoms with Gasteiger partial charge in [0.1, 0.15) is 10.0 Å². The van der Waals surface area contributed by atoms with Crippen molar-refractivity contribution < 1.29 is 4.79 Å². The van der Waals surface area contributed by atoms with Crippen LogP contribution in [0.25, 0.3) is 0 Å². The van der Waals surface area contributed by atoms with Gasteiger partial charge in [0.15, 0.2) is 0 Å². The lowest BCUT2D eigenvalue weighted by Gasteiger charge is -2.31. The van der Waals surface area contributed by atoms with Crippen LogP contribution in [0.5, 0.6) is 0 Å². The molecular formula is C18H22ClN3OS. The van der Waals surface area contributed by atoms with Crippen molar-refractivity contribution in [2.75, 3.05) is 13.1 Å². The molecule has 1 unspecified atom stereocenters. The predicted molar refractivity (Wildman–Crippen MR) is 97.8 cm³/mol. The van der Waals surface area contributed by atoms with E-state index in [9.17, 15) is 4.79 Å². The normalized spacial score (nSPS) is 18.2. The Labute approximate surface area is 151 Å². The van der Waals surface area contributed by atoms with E-state index < -0.39 is 0 Å². The number of carbonyl (C=O) groups is 1. The zero-order chi connectivity index (χ0) is 17.1. The van der Waals surface area contributed by atoms with E-state index in [1.807, 2.05) is 17.0 Å². The summed E-state index contributed by atoms with van der Waals surface area (Å²) in [6.45, 7) is 5.84. The molecule has 1 amide bonds. The number of benzene rings is 1. The van der Waals surface area contributed by atoms with Gasteiger partial charge >= 0.3 is 0 Å². The molecule has 2 heterocycles. The Hall–Kier alpha value is -1.46. The minimum Gasteiger partial charge on any atom is -0.338 e. The van der Waals surface area contributed by atoms with Gasteiger partial charge in [-0.1, -0.05) is 37.6 Å². The number of aromatic nitrogens is 2. The summed E-state index contributed by atoms with van der Waals surface area (Å²) in [6.07, 6.45) is 3.01. The van der Waals surface area contributed by atoms with Crippen LogP contribution in [-0.2, 0) is 6.42 Å². The molecular weight excluding hydrogens is 342 g/mol. The Bertz CT molecular complexity index is 716. The summed E-state index contributed by atoms with van der Waals surface area (Å²) < 4.78 is 0. The zero-order valence-corrected chi connectivity index (χ0v) is 15.6. The first-order valence-corrected chi connectivity index (χ1v) is 9.60. The molecule has 3 rings (SSSR count). The fourth-order valence-electron chi connectivity index (χ4n) is 3.03. The van der Waals surface area contributed by atoms with E-state index in [1.165, 1.54) is 0 Å². The highest BCUT2D eigenvalue weighted by Gasteiger charge is 2.28. The van der Waals surface area contributed by atoms with Gasteiger partial charge in [0.05, 0.1) is 10.6 Å². The Morgan fingerprint density at radius 1 is 1.38 bits per heavy atom. The number of amides is 1. The first-order chi connectivity index (χ1) is 11.5. The minimum absolute atomic E-state index is 0.0113. The van der Waals surface area contributed by atoms with Crippen LogP contribution in [0.15, 0.2) is 24.3 Å². The standard InChI is InChI=1S/C18H22ClN3OS/c1-12(2)10-16-20-21-17(24-16)13-6-5-9-22(11-13)18(23)14-7-3-4-8-15(14)19/h3-4,7-8,12-13H,5-6,9-11H2,1-2H3. The van der Waals surface area contributed by atoms with Crippen molar-refractivity contribution in [1.82, 2.24) is 15.1 Å². The molecule has 128 valence electrons. The topological polar surface area (TPSA) is 46.1 Å². The molecule has 0 N–H and O–H groups in total. The molecule has 2 aromatic rings. The van der Waals surface area contributed by atoms with Crippen LogP contribution in [-0.4, -0.2) is 34.1 Å². The fourth-order valence-corrected chi connectivity index (χ4v) is 4.43. The van der Waals surface area contributed by atoms with E-state index in [1.54, 1.807) is 23.5 Å². The molecule has 1 atom stereocenters. The van der Waals surface area contributed by atoms with Gasteiger partial charge in [-0.3, -0.25) is 4.79 Å². The van der Waals surface area contributed by atoms with Crippen molar-refractivity contribution in [3.8, 4) is 0 Å². The summed E-state index contributed by atoms with van der Waals surface area (Å²) in [4.78, 5) is 14.7. The van der Waals surface area contributed by atoms with Crippen LogP contribution < -0.4 is 0 Å². The quantitative estimate of drug-likeness (QED) is 0.808. The van der Waals surface area contributed by atoms with Gasteiger partial charge in [-0.2, -0.15) is 0 Å². The smallest absolute Gasteiger partial charge is 0.255 e. The second-order valence-corrected chi connectivity index (χ2v) is 8.20. The number of likely N-dealkylation sites (tertiary alicyclic amines) is 1. The maximum atomic E-state index is 12.8. The molecule has 1 aliphatic heterocycles. The van der Waals surface area contributed by atoms with Gasteiger partial charge in [0.2, 0.25) is 0 Å². The van der Waals surface area contributed by atoms with Crippen LogP contribution >= 0.6 is 22.9 Å².